The summed E-state index contributed by atoms with van der Waals surface area (Å²) in [4.78, 5) is 26.0. The molecular formula is C17H21NO3S. The number of carbonyl (C=O) groups excluding carboxylic acids is 2. The molecular weight excluding hydrogens is 298 g/mol. The van der Waals surface area contributed by atoms with Crippen LogP contribution in [0.5, 0.6) is 0 Å². The van der Waals surface area contributed by atoms with Crippen LogP contribution >= 0.6 is 11.3 Å². The highest BCUT2D eigenvalue weighted by Gasteiger charge is 2.43. The number of carbonyl (C=O) groups is 2. The Labute approximate surface area is 134 Å². The molecule has 4 rings (SSSR count). The minimum absolute atomic E-state index is 0.109. The number of amides is 1. The van der Waals surface area contributed by atoms with Gasteiger partial charge in [-0.1, -0.05) is 6.42 Å². The first-order chi connectivity index (χ1) is 10.7. The Bertz CT molecular complexity index is 636. The second kappa shape index (κ2) is 5.37. The Kier molecular flexibility index (Phi) is 3.48. The van der Waals surface area contributed by atoms with E-state index in [-0.39, 0.29) is 17.8 Å². The minimum atomic E-state index is -0.317. The smallest absolute Gasteiger partial charge is 0.341 e. The van der Waals surface area contributed by atoms with Gasteiger partial charge in [0.05, 0.1) is 12.7 Å². The molecule has 1 amide bonds. The normalized spacial score (nSPS) is 28.7. The minimum Gasteiger partial charge on any atom is -0.465 e. The number of rotatable bonds is 3. The standard InChI is InChI=1S/C17H21NO3S/c1-21-17(20)14-11-3-2-4-13(11)22-16(14)18-15(19)12-8-9-5-6-10(12)7-9/h9-10,12H,2-8H2,1H3,(H,18,19). The van der Waals surface area contributed by atoms with Crippen molar-refractivity contribution in [1.82, 2.24) is 0 Å². The number of esters is 1. The lowest BCUT2D eigenvalue weighted by atomic mass is 9.88. The largest absolute Gasteiger partial charge is 0.465 e. The number of hydrogen-bond donors (Lipinski definition) is 1. The monoisotopic (exact) mass is 319 g/mol. The summed E-state index contributed by atoms with van der Waals surface area (Å²) in [6, 6.07) is 0. The zero-order valence-corrected chi connectivity index (χ0v) is 13.6. The number of ether oxygens (including phenoxy) is 1. The molecule has 4 nitrogen and oxygen atoms in total. The Balaban J connectivity index is 1.58. The van der Waals surface area contributed by atoms with Gasteiger partial charge in [0.2, 0.25) is 5.91 Å². The topological polar surface area (TPSA) is 55.4 Å². The first-order valence-electron chi connectivity index (χ1n) is 8.21. The van der Waals surface area contributed by atoms with Crippen LogP contribution in [0.4, 0.5) is 5.00 Å². The van der Waals surface area contributed by atoms with E-state index in [2.05, 4.69) is 5.32 Å². The first-order valence-corrected chi connectivity index (χ1v) is 9.02. The molecule has 3 unspecified atom stereocenters. The number of methoxy groups -OCH3 is 1. The number of fused-ring (bicyclic) bond motifs is 3. The Morgan fingerprint density at radius 2 is 2.09 bits per heavy atom. The van der Waals surface area contributed by atoms with Crippen LogP contribution in [0, 0.1) is 17.8 Å². The summed E-state index contributed by atoms with van der Waals surface area (Å²) >= 11 is 1.57. The van der Waals surface area contributed by atoms with E-state index in [0.717, 1.165) is 37.2 Å². The molecule has 1 N–H and O–H groups in total. The van der Waals surface area contributed by atoms with Crippen LogP contribution in [0.2, 0.25) is 0 Å². The number of thiophene rings is 1. The molecule has 1 aromatic rings. The summed E-state index contributed by atoms with van der Waals surface area (Å²) in [5.41, 5.74) is 1.71. The molecule has 22 heavy (non-hydrogen) atoms. The zero-order valence-electron chi connectivity index (χ0n) is 12.8. The third kappa shape index (κ3) is 2.18. The number of aryl methyl sites for hydroxylation is 1. The lowest BCUT2D eigenvalue weighted by Gasteiger charge is -2.20. The average molecular weight is 319 g/mol. The van der Waals surface area contributed by atoms with Crippen molar-refractivity contribution in [2.45, 2.75) is 44.9 Å². The number of anilines is 1. The van der Waals surface area contributed by atoms with Crippen LogP contribution in [0.25, 0.3) is 0 Å². The highest BCUT2D eigenvalue weighted by Crippen LogP contribution is 2.49. The molecule has 0 radical (unpaired) electrons. The molecule has 1 aromatic heterocycles. The quantitative estimate of drug-likeness (QED) is 0.869. The summed E-state index contributed by atoms with van der Waals surface area (Å²) in [5.74, 6) is 1.23. The summed E-state index contributed by atoms with van der Waals surface area (Å²) in [6.45, 7) is 0. The van der Waals surface area contributed by atoms with Crippen molar-refractivity contribution in [3.8, 4) is 0 Å². The van der Waals surface area contributed by atoms with Gasteiger partial charge in [-0.2, -0.15) is 0 Å². The van der Waals surface area contributed by atoms with Crippen molar-refractivity contribution in [3.05, 3.63) is 16.0 Å². The molecule has 3 aliphatic rings. The molecule has 3 aliphatic carbocycles. The fourth-order valence-corrected chi connectivity index (χ4v) is 5.86. The van der Waals surface area contributed by atoms with Crippen LogP contribution in [0.3, 0.4) is 0 Å². The molecule has 1 heterocycles. The second-order valence-electron chi connectivity index (χ2n) is 6.82. The third-order valence-corrected chi connectivity index (χ3v) is 6.83. The van der Waals surface area contributed by atoms with Crippen LogP contribution in [0.15, 0.2) is 0 Å². The van der Waals surface area contributed by atoms with Crippen molar-refractivity contribution in [1.29, 1.82) is 0 Å². The maximum Gasteiger partial charge on any atom is 0.341 e. The molecule has 3 atom stereocenters. The average Bonchev–Trinajstić information content (AvgIpc) is 3.26. The van der Waals surface area contributed by atoms with Crippen LogP contribution in [-0.4, -0.2) is 19.0 Å². The summed E-state index contributed by atoms with van der Waals surface area (Å²) in [5, 5.41) is 3.77. The van der Waals surface area contributed by atoms with Gasteiger partial charge in [0.25, 0.3) is 0 Å². The lowest BCUT2D eigenvalue weighted by Crippen LogP contribution is -2.27. The molecule has 0 aromatic carbocycles. The van der Waals surface area contributed by atoms with Gasteiger partial charge in [-0.25, -0.2) is 4.79 Å². The zero-order chi connectivity index (χ0) is 15.3. The maximum atomic E-state index is 12.6. The number of hydrogen-bond acceptors (Lipinski definition) is 4. The molecule has 0 spiro atoms. The van der Waals surface area contributed by atoms with Crippen LogP contribution in [0.1, 0.15) is 52.9 Å². The molecule has 2 bridgehead atoms. The molecule has 0 aliphatic heterocycles. The van der Waals surface area contributed by atoms with Crippen molar-refractivity contribution in [3.63, 3.8) is 0 Å². The second-order valence-corrected chi connectivity index (χ2v) is 7.93. The van der Waals surface area contributed by atoms with E-state index in [9.17, 15) is 9.59 Å². The van der Waals surface area contributed by atoms with Crippen LogP contribution < -0.4 is 5.32 Å². The Morgan fingerprint density at radius 3 is 2.77 bits per heavy atom. The van der Waals surface area contributed by atoms with Crippen molar-refractivity contribution in [2.75, 3.05) is 12.4 Å². The Morgan fingerprint density at radius 1 is 1.23 bits per heavy atom. The molecule has 2 fully saturated rings. The highest BCUT2D eigenvalue weighted by molar-refractivity contribution is 7.17. The predicted molar refractivity (Wildman–Crippen MR) is 85.3 cm³/mol. The number of nitrogens with one attached hydrogen (secondary N) is 1. The van der Waals surface area contributed by atoms with Gasteiger partial charge in [-0.15, -0.1) is 11.3 Å². The van der Waals surface area contributed by atoms with E-state index in [4.69, 9.17) is 4.74 Å². The Hall–Kier alpha value is -1.36. The summed E-state index contributed by atoms with van der Waals surface area (Å²) < 4.78 is 4.93. The van der Waals surface area contributed by atoms with Gasteiger partial charge in [0.1, 0.15) is 5.00 Å². The van der Waals surface area contributed by atoms with Crippen molar-refractivity contribution < 1.29 is 14.3 Å². The van der Waals surface area contributed by atoms with Gasteiger partial charge in [-0.05, 0) is 55.9 Å². The predicted octanol–water partition coefficient (Wildman–Crippen LogP) is 3.40. The van der Waals surface area contributed by atoms with E-state index in [1.807, 2.05) is 0 Å². The molecule has 2 saturated carbocycles. The summed E-state index contributed by atoms with van der Waals surface area (Å²) in [6.07, 6.45) is 7.72. The fraction of sp³-hybridized carbons (Fsp3) is 0.647. The van der Waals surface area contributed by atoms with E-state index in [0.29, 0.717) is 16.5 Å². The van der Waals surface area contributed by atoms with Gasteiger partial charge in [0.15, 0.2) is 0 Å². The van der Waals surface area contributed by atoms with Gasteiger partial charge < -0.3 is 10.1 Å². The van der Waals surface area contributed by atoms with Crippen LogP contribution in [-0.2, 0) is 22.4 Å². The maximum absolute atomic E-state index is 12.6. The summed E-state index contributed by atoms with van der Waals surface area (Å²) in [7, 11) is 1.41. The van der Waals surface area contributed by atoms with Crippen molar-refractivity contribution in [2.24, 2.45) is 17.8 Å². The first kappa shape index (κ1) is 14.2. The van der Waals surface area contributed by atoms with E-state index in [1.165, 1.54) is 31.2 Å². The van der Waals surface area contributed by atoms with E-state index < -0.39 is 0 Å². The highest BCUT2D eigenvalue weighted by atomic mass is 32.1. The van der Waals surface area contributed by atoms with Gasteiger partial charge in [-0.3, -0.25) is 4.79 Å². The van der Waals surface area contributed by atoms with Gasteiger partial charge >= 0.3 is 5.97 Å². The van der Waals surface area contributed by atoms with E-state index >= 15 is 0 Å². The van der Waals surface area contributed by atoms with Gasteiger partial charge in [0, 0.05) is 10.8 Å². The molecule has 118 valence electrons. The fourth-order valence-electron chi connectivity index (χ4n) is 4.58. The molecule has 5 heteroatoms. The lowest BCUT2D eigenvalue weighted by molar-refractivity contribution is -0.121. The third-order valence-electron chi connectivity index (χ3n) is 5.62. The molecule has 0 saturated heterocycles. The SMILES string of the molecule is COC(=O)c1c(NC(=O)C2CC3CCC2C3)sc2c1CCC2. The van der Waals surface area contributed by atoms with Crippen molar-refractivity contribution >= 4 is 28.2 Å². The van der Waals surface area contributed by atoms with E-state index in [1.54, 1.807) is 11.3 Å².